The summed E-state index contributed by atoms with van der Waals surface area (Å²) in [5.74, 6) is 1.62. The minimum Gasteiger partial charge on any atom is -0.493 e. The zero-order valence-electron chi connectivity index (χ0n) is 13.0. The fourth-order valence-electron chi connectivity index (χ4n) is 2.73. The van der Waals surface area contributed by atoms with Crippen LogP contribution in [-0.4, -0.2) is 31.1 Å². The maximum absolute atomic E-state index is 12.2. The lowest BCUT2D eigenvalue weighted by Crippen LogP contribution is -2.46. The molecule has 1 saturated carbocycles. The molecule has 0 aromatic heterocycles. The van der Waals surface area contributed by atoms with Crippen LogP contribution >= 0.6 is 12.4 Å². The normalized spacial score (nSPS) is 24.2. The largest absolute Gasteiger partial charge is 0.493 e. The van der Waals surface area contributed by atoms with Crippen molar-refractivity contribution in [3.63, 3.8) is 0 Å². The fraction of sp³-hybridized carbons (Fsp3) is 0.588. The summed E-state index contributed by atoms with van der Waals surface area (Å²) in [5.41, 5.74) is 0.708. The molecule has 1 heterocycles. The summed E-state index contributed by atoms with van der Waals surface area (Å²) in [7, 11) is 0. The first-order chi connectivity index (χ1) is 10.2. The van der Waals surface area contributed by atoms with Crippen LogP contribution in [0.5, 0.6) is 5.75 Å². The summed E-state index contributed by atoms with van der Waals surface area (Å²) in [4.78, 5) is 12.2. The number of ether oxygens (including phenoxy) is 1. The second-order valence-corrected chi connectivity index (χ2v) is 6.33. The van der Waals surface area contributed by atoms with E-state index >= 15 is 0 Å². The van der Waals surface area contributed by atoms with E-state index in [9.17, 15) is 4.79 Å². The van der Waals surface area contributed by atoms with E-state index in [1.807, 2.05) is 24.3 Å². The Morgan fingerprint density at radius 2 is 2.00 bits per heavy atom. The number of nitrogens with one attached hydrogen (secondary N) is 2. The Balaban J connectivity index is 0.00000176. The third-order valence-electron chi connectivity index (χ3n) is 4.26. The highest BCUT2D eigenvalue weighted by molar-refractivity contribution is 5.94. The van der Waals surface area contributed by atoms with Gasteiger partial charge in [0.2, 0.25) is 0 Å². The van der Waals surface area contributed by atoms with Crippen molar-refractivity contribution in [3.05, 3.63) is 29.8 Å². The van der Waals surface area contributed by atoms with E-state index < -0.39 is 0 Å². The Morgan fingerprint density at radius 1 is 1.27 bits per heavy atom. The summed E-state index contributed by atoms with van der Waals surface area (Å²) < 4.78 is 5.69. The third-order valence-corrected chi connectivity index (χ3v) is 4.26. The minimum atomic E-state index is 0. The molecule has 2 unspecified atom stereocenters. The molecule has 4 nitrogen and oxygen atoms in total. The molecular formula is C17H25ClN2O2. The van der Waals surface area contributed by atoms with Crippen LogP contribution in [0, 0.1) is 5.92 Å². The Bertz CT molecular complexity index is 488. The van der Waals surface area contributed by atoms with Gasteiger partial charge in [-0.3, -0.25) is 4.79 Å². The molecule has 2 aliphatic rings. The van der Waals surface area contributed by atoms with Gasteiger partial charge in [-0.05, 0) is 69.3 Å². The first-order valence-corrected chi connectivity index (χ1v) is 7.98. The second kappa shape index (κ2) is 7.84. The monoisotopic (exact) mass is 324 g/mol. The highest BCUT2D eigenvalue weighted by atomic mass is 35.5. The number of piperidine rings is 1. The van der Waals surface area contributed by atoms with Crippen molar-refractivity contribution in [2.45, 2.75) is 44.7 Å². The van der Waals surface area contributed by atoms with Crippen molar-refractivity contribution in [1.29, 1.82) is 0 Å². The highest BCUT2D eigenvalue weighted by Gasteiger charge is 2.22. The maximum Gasteiger partial charge on any atom is 0.251 e. The molecule has 1 aliphatic carbocycles. The average molecular weight is 325 g/mol. The van der Waals surface area contributed by atoms with E-state index in [1.165, 1.54) is 12.8 Å². The Hall–Kier alpha value is -1.26. The molecule has 2 fully saturated rings. The molecule has 1 saturated heterocycles. The van der Waals surface area contributed by atoms with Crippen molar-refractivity contribution in [3.8, 4) is 5.75 Å². The number of halogens is 1. The minimum absolute atomic E-state index is 0. The Kier molecular flexibility index (Phi) is 6.09. The van der Waals surface area contributed by atoms with E-state index in [4.69, 9.17) is 4.74 Å². The predicted molar refractivity (Wildman–Crippen MR) is 89.9 cm³/mol. The van der Waals surface area contributed by atoms with Gasteiger partial charge in [-0.1, -0.05) is 0 Å². The van der Waals surface area contributed by atoms with E-state index in [1.54, 1.807) is 0 Å². The van der Waals surface area contributed by atoms with Crippen LogP contribution in [0.25, 0.3) is 0 Å². The zero-order chi connectivity index (χ0) is 14.7. The van der Waals surface area contributed by atoms with Crippen LogP contribution < -0.4 is 15.4 Å². The number of carbonyl (C=O) groups is 1. The van der Waals surface area contributed by atoms with Crippen molar-refractivity contribution in [2.75, 3.05) is 13.2 Å². The van der Waals surface area contributed by atoms with Crippen molar-refractivity contribution in [1.82, 2.24) is 10.6 Å². The van der Waals surface area contributed by atoms with Gasteiger partial charge in [-0.2, -0.15) is 0 Å². The average Bonchev–Trinajstić information content (AvgIpc) is 3.30. The number of benzene rings is 1. The highest BCUT2D eigenvalue weighted by Crippen LogP contribution is 2.29. The number of carbonyl (C=O) groups excluding carboxylic acids is 1. The van der Waals surface area contributed by atoms with Crippen LogP contribution in [0.1, 0.15) is 43.0 Å². The number of rotatable bonds is 5. The van der Waals surface area contributed by atoms with Gasteiger partial charge in [0.1, 0.15) is 5.75 Å². The summed E-state index contributed by atoms with van der Waals surface area (Å²) in [6, 6.07) is 8.23. The molecule has 1 amide bonds. The van der Waals surface area contributed by atoms with Crippen LogP contribution in [0.4, 0.5) is 0 Å². The Labute approximate surface area is 138 Å². The van der Waals surface area contributed by atoms with Gasteiger partial charge >= 0.3 is 0 Å². The van der Waals surface area contributed by atoms with Crippen LogP contribution in [0.3, 0.4) is 0 Å². The topological polar surface area (TPSA) is 50.4 Å². The zero-order valence-corrected chi connectivity index (χ0v) is 13.8. The molecule has 2 atom stereocenters. The molecule has 1 aromatic rings. The van der Waals surface area contributed by atoms with E-state index in [0.29, 0.717) is 11.6 Å². The van der Waals surface area contributed by atoms with Gasteiger partial charge in [0.25, 0.3) is 5.91 Å². The molecule has 3 rings (SSSR count). The summed E-state index contributed by atoms with van der Waals surface area (Å²) in [6.45, 7) is 3.93. The summed E-state index contributed by atoms with van der Waals surface area (Å²) in [5, 5.41) is 6.52. The second-order valence-electron chi connectivity index (χ2n) is 6.33. The standard InChI is InChI=1S/C17H24N2O2.ClH/c1-12-10-15(8-9-18-12)19-17(20)14-4-6-16(7-5-14)21-11-13-2-3-13;/h4-7,12-13,15,18H,2-3,8-11H2,1H3,(H,19,20);1H. The molecule has 0 radical (unpaired) electrons. The van der Waals surface area contributed by atoms with Crippen molar-refractivity contribution >= 4 is 18.3 Å². The van der Waals surface area contributed by atoms with E-state index in [-0.39, 0.29) is 24.4 Å². The first kappa shape index (κ1) is 17.1. The number of amides is 1. The van der Waals surface area contributed by atoms with Gasteiger partial charge in [-0.15, -0.1) is 12.4 Å². The molecular weight excluding hydrogens is 300 g/mol. The fourth-order valence-corrected chi connectivity index (χ4v) is 2.73. The Morgan fingerprint density at radius 3 is 2.64 bits per heavy atom. The molecule has 2 N–H and O–H groups in total. The van der Waals surface area contributed by atoms with Gasteiger partial charge < -0.3 is 15.4 Å². The van der Waals surface area contributed by atoms with Crippen molar-refractivity contribution in [2.24, 2.45) is 5.92 Å². The smallest absolute Gasteiger partial charge is 0.251 e. The van der Waals surface area contributed by atoms with E-state index in [2.05, 4.69) is 17.6 Å². The molecule has 0 bridgehead atoms. The molecule has 5 heteroatoms. The van der Waals surface area contributed by atoms with Crippen LogP contribution in [-0.2, 0) is 0 Å². The third kappa shape index (κ3) is 4.89. The first-order valence-electron chi connectivity index (χ1n) is 7.98. The van der Waals surface area contributed by atoms with Crippen LogP contribution in [0.15, 0.2) is 24.3 Å². The molecule has 1 aromatic carbocycles. The molecule has 0 spiro atoms. The lowest BCUT2D eigenvalue weighted by Gasteiger charge is -2.28. The van der Waals surface area contributed by atoms with Crippen molar-refractivity contribution < 1.29 is 9.53 Å². The van der Waals surface area contributed by atoms with Gasteiger partial charge in [-0.25, -0.2) is 0 Å². The molecule has 122 valence electrons. The lowest BCUT2D eigenvalue weighted by molar-refractivity contribution is 0.0925. The number of hydrogen-bond donors (Lipinski definition) is 2. The summed E-state index contributed by atoms with van der Waals surface area (Å²) in [6.07, 6.45) is 4.57. The van der Waals surface area contributed by atoms with Gasteiger partial charge in [0.05, 0.1) is 6.61 Å². The quantitative estimate of drug-likeness (QED) is 0.875. The van der Waals surface area contributed by atoms with Gasteiger partial charge in [0.15, 0.2) is 0 Å². The molecule has 22 heavy (non-hydrogen) atoms. The predicted octanol–water partition coefficient (Wildman–Crippen LogP) is 2.77. The van der Waals surface area contributed by atoms with E-state index in [0.717, 1.165) is 37.7 Å². The van der Waals surface area contributed by atoms with Gasteiger partial charge in [0, 0.05) is 17.6 Å². The lowest BCUT2D eigenvalue weighted by atomic mass is 10.0. The van der Waals surface area contributed by atoms with Crippen LogP contribution in [0.2, 0.25) is 0 Å². The number of hydrogen-bond acceptors (Lipinski definition) is 3. The SMILES string of the molecule is CC1CC(NC(=O)c2ccc(OCC3CC3)cc2)CCN1.Cl. The summed E-state index contributed by atoms with van der Waals surface area (Å²) >= 11 is 0. The maximum atomic E-state index is 12.2. The molecule has 1 aliphatic heterocycles.